The summed E-state index contributed by atoms with van der Waals surface area (Å²) in [7, 11) is 0. The number of carboxylic acid groups (broad SMARTS) is 1. The average Bonchev–Trinajstić information content (AvgIpc) is 3.02. The number of phenols is 1. The van der Waals surface area contributed by atoms with Crippen LogP contribution >= 0.6 is 0 Å². The number of nitrogens with zero attached hydrogens (tertiary/aromatic N) is 1. The Kier molecular flexibility index (Phi) is 5.40. The third kappa shape index (κ3) is 3.37. The lowest BCUT2D eigenvalue weighted by atomic mass is 9.99. The van der Waals surface area contributed by atoms with Gasteiger partial charge in [0.15, 0.2) is 6.10 Å². The van der Waals surface area contributed by atoms with Crippen molar-refractivity contribution in [2.24, 2.45) is 0 Å². The number of rotatable bonds is 7. The SMILES string of the molecule is C=c1cc2c(c(N(CCC)CCC)c1O)=C(C(=O)O)C(c1ccccc1)O2. The van der Waals surface area contributed by atoms with Crippen LogP contribution in [0.2, 0.25) is 0 Å². The van der Waals surface area contributed by atoms with E-state index in [9.17, 15) is 15.0 Å². The third-order valence-corrected chi connectivity index (χ3v) is 4.73. The molecule has 142 valence electrons. The van der Waals surface area contributed by atoms with E-state index in [1.807, 2.05) is 35.2 Å². The van der Waals surface area contributed by atoms with Crippen LogP contribution in [0.25, 0.3) is 12.2 Å². The number of fused-ring (bicyclic) bond motifs is 1. The fraction of sp³-hybridized carbons (Fsp3) is 0.318. The molecule has 2 N–H and O–H groups in total. The second-order valence-corrected chi connectivity index (χ2v) is 6.72. The number of hydrogen-bond donors (Lipinski definition) is 2. The highest BCUT2D eigenvalue weighted by Gasteiger charge is 2.35. The van der Waals surface area contributed by atoms with Crippen molar-refractivity contribution < 1.29 is 19.7 Å². The quantitative estimate of drug-likeness (QED) is 0.788. The molecule has 1 unspecified atom stereocenters. The summed E-state index contributed by atoms with van der Waals surface area (Å²) in [4.78, 5) is 14.2. The van der Waals surface area contributed by atoms with Gasteiger partial charge in [-0.05, 0) is 24.5 Å². The molecule has 1 heterocycles. The van der Waals surface area contributed by atoms with Gasteiger partial charge in [-0.3, -0.25) is 0 Å². The van der Waals surface area contributed by atoms with Gasteiger partial charge >= 0.3 is 5.97 Å². The zero-order valence-corrected chi connectivity index (χ0v) is 15.7. The van der Waals surface area contributed by atoms with E-state index in [0.29, 0.717) is 35.0 Å². The van der Waals surface area contributed by atoms with Gasteiger partial charge in [0, 0.05) is 18.3 Å². The highest BCUT2D eigenvalue weighted by Crippen LogP contribution is 2.36. The van der Waals surface area contributed by atoms with Gasteiger partial charge in [0.05, 0.1) is 16.5 Å². The summed E-state index contributed by atoms with van der Waals surface area (Å²) in [5.74, 6) is -0.573. The first-order valence-corrected chi connectivity index (χ1v) is 9.28. The molecule has 1 aliphatic rings. The van der Waals surface area contributed by atoms with Crippen LogP contribution in [0, 0.1) is 0 Å². The van der Waals surface area contributed by atoms with Crippen LogP contribution in [0.3, 0.4) is 0 Å². The van der Waals surface area contributed by atoms with Gasteiger partial charge in [-0.1, -0.05) is 50.8 Å². The molecule has 0 aliphatic carbocycles. The molecule has 0 bridgehead atoms. The molecule has 0 aromatic heterocycles. The first-order chi connectivity index (χ1) is 13.0. The van der Waals surface area contributed by atoms with E-state index in [4.69, 9.17) is 4.74 Å². The van der Waals surface area contributed by atoms with Crippen LogP contribution in [0.4, 0.5) is 5.69 Å². The lowest BCUT2D eigenvalue weighted by Gasteiger charge is -2.25. The van der Waals surface area contributed by atoms with Crippen LogP contribution in [0.1, 0.15) is 38.4 Å². The van der Waals surface area contributed by atoms with Gasteiger partial charge in [-0.2, -0.15) is 0 Å². The Morgan fingerprint density at radius 2 is 1.81 bits per heavy atom. The Labute approximate surface area is 158 Å². The van der Waals surface area contributed by atoms with Crippen LogP contribution in [-0.2, 0) is 4.79 Å². The van der Waals surface area contributed by atoms with Crippen molar-refractivity contribution in [1.82, 2.24) is 0 Å². The Morgan fingerprint density at radius 3 is 2.37 bits per heavy atom. The fourth-order valence-corrected chi connectivity index (χ4v) is 3.62. The summed E-state index contributed by atoms with van der Waals surface area (Å²) in [5.41, 5.74) is 1.43. The summed E-state index contributed by atoms with van der Waals surface area (Å²) in [6.45, 7) is 9.44. The Morgan fingerprint density at radius 1 is 1.19 bits per heavy atom. The first kappa shape index (κ1) is 18.8. The monoisotopic (exact) mass is 367 g/mol. The Hall–Kier alpha value is -2.95. The summed E-state index contributed by atoms with van der Waals surface area (Å²) >= 11 is 0. The second-order valence-electron chi connectivity index (χ2n) is 6.72. The van der Waals surface area contributed by atoms with Crippen LogP contribution in [-0.4, -0.2) is 29.3 Å². The minimum Gasteiger partial charge on any atom is -0.505 e. The molecule has 2 aromatic carbocycles. The number of phenolic OH excluding ortho intramolecular Hbond substituents is 1. The zero-order chi connectivity index (χ0) is 19.6. The maximum atomic E-state index is 12.2. The molecule has 3 rings (SSSR count). The maximum absolute atomic E-state index is 12.2. The normalized spacial score (nSPS) is 15.3. The summed E-state index contributed by atoms with van der Waals surface area (Å²) in [6, 6.07) is 10.9. The molecular formula is C22H25NO4. The van der Waals surface area contributed by atoms with Crippen molar-refractivity contribution in [3.05, 3.63) is 52.4 Å². The minimum absolute atomic E-state index is 0.0201. The van der Waals surface area contributed by atoms with E-state index in [1.54, 1.807) is 6.07 Å². The second kappa shape index (κ2) is 7.74. The van der Waals surface area contributed by atoms with E-state index >= 15 is 0 Å². The molecule has 27 heavy (non-hydrogen) atoms. The minimum atomic E-state index is -1.05. The average molecular weight is 367 g/mol. The molecule has 0 spiro atoms. The fourth-order valence-electron chi connectivity index (χ4n) is 3.62. The third-order valence-electron chi connectivity index (χ3n) is 4.73. The number of carbonyl (C=O) groups is 1. The van der Waals surface area contributed by atoms with Crippen molar-refractivity contribution in [1.29, 1.82) is 0 Å². The van der Waals surface area contributed by atoms with E-state index < -0.39 is 12.1 Å². The summed E-state index contributed by atoms with van der Waals surface area (Å²) in [6.07, 6.45) is 1.03. The number of anilines is 1. The van der Waals surface area contributed by atoms with E-state index in [1.165, 1.54) is 0 Å². The lowest BCUT2D eigenvalue weighted by molar-refractivity contribution is -0.131. The number of benzene rings is 2. The van der Waals surface area contributed by atoms with Gasteiger partial charge in [-0.25, -0.2) is 4.79 Å². The standard InChI is InChI=1S/C22H25NO4/c1-4-11-23(12-5-2)19-17-16(13-14(3)20(19)24)27-21(18(17)22(25)26)15-9-7-6-8-10-15/h6-10,13,21,24H,3-5,11-12H2,1-2H3,(H,25,26). The van der Waals surface area contributed by atoms with Crippen molar-refractivity contribution in [3.63, 3.8) is 0 Å². The molecule has 1 atom stereocenters. The van der Waals surface area contributed by atoms with Crippen LogP contribution < -0.4 is 20.1 Å². The largest absolute Gasteiger partial charge is 0.505 e. The van der Waals surface area contributed by atoms with Crippen LogP contribution in [0.15, 0.2) is 36.4 Å². The number of ether oxygens (including phenoxy) is 1. The van der Waals surface area contributed by atoms with Gasteiger partial charge in [0.2, 0.25) is 0 Å². The van der Waals surface area contributed by atoms with Crippen molar-refractivity contribution in [2.45, 2.75) is 32.8 Å². The highest BCUT2D eigenvalue weighted by molar-refractivity contribution is 6.12. The van der Waals surface area contributed by atoms with Crippen molar-refractivity contribution in [2.75, 3.05) is 18.0 Å². The Balaban J connectivity index is 2.33. The molecule has 0 radical (unpaired) electrons. The van der Waals surface area contributed by atoms with Gasteiger partial charge in [0.25, 0.3) is 0 Å². The first-order valence-electron chi connectivity index (χ1n) is 9.28. The van der Waals surface area contributed by atoms with Crippen molar-refractivity contribution in [3.8, 4) is 11.5 Å². The molecule has 0 fully saturated rings. The van der Waals surface area contributed by atoms with Crippen LogP contribution in [0.5, 0.6) is 11.5 Å². The summed E-state index contributed by atoms with van der Waals surface area (Å²) < 4.78 is 6.05. The number of hydrogen-bond acceptors (Lipinski definition) is 4. The topological polar surface area (TPSA) is 70.0 Å². The molecule has 5 heteroatoms. The smallest absolute Gasteiger partial charge is 0.336 e. The number of aliphatic carboxylic acids is 1. The molecule has 2 aromatic rings. The molecular weight excluding hydrogens is 342 g/mol. The van der Waals surface area contributed by atoms with Gasteiger partial charge in [-0.15, -0.1) is 0 Å². The zero-order valence-electron chi connectivity index (χ0n) is 15.7. The van der Waals surface area contributed by atoms with Gasteiger partial charge in [0.1, 0.15) is 11.5 Å². The van der Waals surface area contributed by atoms with Crippen molar-refractivity contribution >= 4 is 23.8 Å². The molecule has 0 saturated carbocycles. The molecule has 5 nitrogen and oxygen atoms in total. The lowest BCUT2D eigenvalue weighted by Crippen LogP contribution is -2.32. The van der Waals surface area contributed by atoms with Gasteiger partial charge < -0.3 is 19.8 Å². The number of carboxylic acids is 1. The predicted octanol–water partition coefficient (Wildman–Crippen LogP) is 2.80. The maximum Gasteiger partial charge on any atom is 0.336 e. The van der Waals surface area contributed by atoms with E-state index in [2.05, 4.69) is 20.4 Å². The predicted molar refractivity (Wildman–Crippen MR) is 107 cm³/mol. The van der Waals surface area contributed by atoms with E-state index in [-0.39, 0.29) is 11.3 Å². The molecule has 0 amide bonds. The Bertz CT molecular complexity index is 947. The summed E-state index contributed by atoms with van der Waals surface area (Å²) in [5, 5.41) is 21.7. The molecule has 1 aliphatic heterocycles. The van der Waals surface area contributed by atoms with E-state index in [0.717, 1.165) is 18.4 Å². The highest BCUT2D eigenvalue weighted by atomic mass is 16.5. The number of aromatic hydroxyl groups is 1. The molecule has 0 saturated heterocycles.